The summed E-state index contributed by atoms with van der Waals surface area (Å²) in [4.78, 5) is 12.7. The molecule has 0 aromatic heterocycles. The normalized spacial score (nSPS) is 13.4. The molecule has 0 aliphatic carbocycles. The van der Waals surface area contributed by atoms with Crippen molar-refractivity contribution in [2.75, 3.05) is 0 Å². The zero-order chi connectivity index (χ0) is 25.0. The minimum absolute atomic E-state index is 0.0418. The Morgan fingerprint density at radius 1 is 0.531 bits per heavy atom. The van der Waals surface area contributed by atoms with E-state index >= 15 is 0 Å². The molecule has 32 heavy (non-hydrogen) atoms. The summed E-state index contributed by atoms with van der Waals surface area (Å²) in [6.45, 7) is 1.17. The topological polar surface area (TPSA) is 17.1 Å². The number of hydrogen-bond acceptors (Lipinski definition) is 1. The minimum atomic E-state index is -5.39. The Bertz CT molecular complexity index is 969. The van der Waals surface area contributed by atoms with Crippen LogP contribution in [0.2, 0.25) is 0 Å². The van der Waals surface area contributed by atoms with E-state index in [1.165, 1.54) is 0 Å². The van der Waals surface area contributed by atoms with Gasteiger partial charge in [-0.3, -0.25) is 4.79 Å². The molecule has 0 saturated carbocycles. The maximum absolute atomic E-state index is 13.2. The SMILES string of the molecule is Cc1c(C(=O)c2cc(C(F)(F)F)cc(C(F)(F)F)c2C)cc(C(F)(F)F)cc1C(F)(F)F. The minimum Gasteiger partial charge on any atom is -0.289 e. The lowest BCUT2D eigenvalue weighted by molar-refractivity contribution is -0.144. The first-order valence-electron chi connectivity index (χ1n) is 8.28. The van der Waals surface area contributed by atoms with Crippen LogP contribution in [0.4, 0.5) is 52.7 Å². The molecule has 0 unspecified atom stereocenters. The Balaban J connectivity index is 2.91. The van der Waals surface area contributed by atoms with Gasteiger partial charge in [0.25, 0.3) is 0 Å². The van der Waals surface area contributed by atoms with Crippen LogP contribution >= 0.6 is 0 Å². The number of hydrogen-bond donors (Lipinski definition) is 0. The highest BCUT2D eigenvalue weighted by Gasteiger charge is 2.42. The maximum atomic E-state index is 13.2. The molecule has 0 heterocycles. The summed E-state index contributed by atoms with van der Waals surface area (Å²) < 4.78 is 158. The largest absolute Gasteiger partial charge is 0.416 e. The van der Waals surface area contributed by atoms with Crippen molar-refractivity contribution in [3.63, 3.8) is 0 Å². The lowest BCUT2D eigenvalue weighted by atomic mass is 9.88. The summed E-state index contributed by atoms with van der Waals surface area (Å²) in [6.07, 6.45) is -21.5. The van der Waals surface area contributed by atoms with Gasteiger partial charge in [-0.15, -0.1) is 0 Å². The van der Waals surface area contributed by atoms with E-state index in [1.807, 2.05) is 0 Å². The number of carbonyl (C=O) groups excluding carboxylic acids is 1. The van der Waals surface area contributed by atoms with Crippen molar-refractivity contribution in [2.45, 2.75) is 38.6 Å². The van der Waals surface area contributed by atoms with Gasteiger partial charge in [0.05, 0.1) is 22.3 Å². The van der Waals surface area contributed by atoms with Crippen LogP contribution in [0.1, 0.15) is 49.3 Å². The molecule has 0 atom stereocenters. The molecular formula is C19H10F12O. The molecule has 2 aromatic carbocycles. The molecule has 0 fully saturated rings. The third-order valence-electron chi connectivity index (χ3n) is 4.57. The monoisotopic (exact) mass is 482 g/mol. The number of ketones is 1. The van der Waals surface area contributed by atoms with Gasteiger partial charge in [-0.05, 0) is 49.2 Å². The molecule has 0 N–H and O–H groups in total. The van der Waals surface area contributed by atoms with Crippen molar-refractivity contribution in [3.8, 4) is 0 Å². The maximum Gasteiger partial charge on any atom is 0.416 e. The summed E-state index contributed by atoms with van der Waals surface area (Å²) in [5.41, 5.74) is -12.5. The van der Waals surface area contributed by atoms with E-state index in [4.69, 9.17) is 0 Å². The van der Waals surface area contributed by atoms with Crippen LogP contribution in [0.5, 0.6) is 0 Å². The van der Waals surface area contributed by atoms with Crippen molar-refractivity contribution in [1.29, 1.82) is 0 Å². The summed E-state index contributed by atoms with van der Waals surface area (Å²) >= 11 is 0. The quantitative estimate of drug-likeness (QED) is 0.318. The summed E-state index contributed by atoms with van der Waals surface area (Å²) in [5.74, 6) is -1.85. The highest BCUT2D eigenvalue weighted by molar-refractivity contribution is 6.11. The van der Waals surface area contributed by atoms with E-state index in [0.29, 0.717) is 13.8 Å². The first kappa shape index (κ1) is 25.5. The van der Waals surface area contributed by atoms with Crippen LogP contribution in [0, 0.1) is 13.8 Å². The van der Waals surface area contributed by atoms with Gasteiger partial charge in [0.15, 0.2) is 5.78 Å². The van der Waals surface area contributed by atoms with Crippen molar-refractivity contribution >= 4 is 5.78 Å². The Morgan fingerprint density at radius 3 is 1.03 bits per heavy atom. The van der Waals surface area contributed by atoms with E-state index in [2.05, 4.69) is 0 Å². The highest BCUT2D eigenvalue weighted by Crippen LogP contribution is 2.42. The van der Waals surface area contributed by atoms with Crippen molar-refractivity contribution < 1.29 is 57.5 Å². The Hall–Kier alpha value is -2.73. The molecule has 13 heteroatoms. The zero-order valence-corrected chi connectivity index (χ0v) is 15.8. The van der Waals surface area contributed by atoms with E-state index in [1.54, 1.807) is 0 Å². The van der Waals surface area contributed by atoms with Gasteiger partial charge >= 0.3 is 24.7 Å². The van der Waals surface area contributed by atoms with Crippen molar-refractivity contribution in [2.24, 2.45) is 0 Å². The highest BCUT2D eigenvalue weighted by atomic mass is 19.4. The van der Waals surface area contributed by atoms with E-state index in [-0.39, 0.29) is 24.3 Å². The molecule has 0 aliphatic heterocycles. The standard InChI is InChI=1S/C19H10F12O/c1-7-11(3-9(16(20,21)22)5-13(7)18(26,27)28)15(32)12-4-10(17(23,24)25)6-14(8(12)2)19(29,30)31/h3-6H,1-2H3. The fraction of sp³-hybridized carbons (Fsp3) is 0.316. The lowest BCUT2D eigenvalue weighted by Crippen LogP contribution is -2.19. The first-order chi connectivity index (χ1) is 14.2. The summed E-state index contributed by atoms with van der Waals surface area (Å²) in [6, 6.07) is -0.682. The Labute approximate surface area is 171 Å². The zero-order valence-electron chi connectivity index (χ0n) is 15.8. The van der Waals surface area contributed by atoms with Gasteiger partial charge in [-0.2, -0.15) is 52.7 Å². The van der Waals surface area contributed by atoms with Gasteiger partial charge < -0.3 is 0 Å². The Kier molecular flexibility index (Phi) is 6.14. The Morgan fingerprint density at radius 2 is 0.812 bits per heavy atom. The van der Waals surface area contributed by atoms with Gasteiger partial charge in [0.2, 0.25) is 0 Å². The predicted molar refractivity (Wildman–Crippen MR) is 85.8 cm³/mol. The van der Waals surface area contributed by atoms with E-state index in [0.717, 1.165) is 0 Å². The van der Waals surface area contributed by atoms with Gasteiger partial charge in [0.1, 0.15) is 0 Å². The molecule has 0 spiro atoms. The van der Waals surface area contributed by atoms with Gasteiger partial charge in [0, 0.05) is 11.1 Å². The fourth-order valence-corrected chi connectivity index (χ4v) is 2.96. The second-order valence-electron chi connectivity index (χ2n) is 6.71. The van der Waals surface area contributed by atoms with Gasteiger partial charge in [-0.1, -0.05) is 0 Å². The van der Waals surface area contributed by atoms with Crippen LogP contribution in [-0.2, 0) is 24.7 Å². The molecule has 2 rings (SSSR count). The third kappa shape index (κ3) is 5.01. The van der Waals surface area contributed by atoms with Gasteiger partial charge in [-0.25, -0.2) is 0 Å². The van der Waals surface area contributed by atoms with E-state index in [9.17, 15) is 57.5 Å². The number of benzene rings is 2. The molecule has 1 nitrogen and oxygen atoms in total. The van der Waals surface area contributed by atoms with Crippen LogP contribution in [-0.4, -0.2) is 5.78 Å². The molecule has 0 radical (unpaired) electrons. The van der Waals surface area contributed by atoms with Crippen LogP contribution < -0.4 is 0 Å². The second kappa shape index (κ2) is 7.69. The molecule has 176 valence electrons. The number of halogens is 12. The predicted octanol–water partition coefficient (Wildman–Crippen LogP) is 7.61. The van der Waals surface area contributed by atoms with Crippen LogP contribution in [0.25, 0.3) is 0 Å². The average molecular weight is 482 g/mol. The average Bonchev–Trinajstić information content (AvgIpc) is 2.57. The number of carbonyl (C=O) groups is 1. The first-order valence-corrected chi connectivity index (χ1v) is 8.28. The smallest absolute Gasteiger partial charge is 0.289 e. The summed E-state index contributed by atoms with van der Waals surface area (Å²) in [5, 5.41) is 0. The van der Waals surface area contributed by atoms with Crippen LogP contribution in [0.15, 0.2) is 24.3 Å². The third-order valence-corrected chi connectivity index (χ3v) is 4.57. The lowest BCUT2D eigenvalue weighted by Gasteiger charge is -2.20. The molecular weight excluding hydrogens is 472 g/mol. The second-order valence-corrected chi connectivity index (χ2v) is 6.71. The molecule has 0 aliphatic rings. The molecule has 2 aromatic rings. The number of alkyl halides is 12. The molecule has 0 saturated heterocycles. The fourth-order valence-electron chi connectivity index (χ4n) is 2.96. The number of rotatable bonds is 2. The molecule has 0 amide bonds. The van der Waals surface area contributed by atoms with E-state index < -0.39 is 75.0 Å². The molecule has 0 bridgehead atoms. The summed E-state index contributed by atoms with van der Waals surface area (Å²) in [7, 11) is 0. The van der Waals surface area contributed by atoms with Crippen molar-refractivity contribution in [3.05, 3.63) is 68.8 Å². The van der Waals surface area contributed by atoms with Crippen molar-refractivity contribution in [1.82, 2.24) is 0 Å². The van der Waals surface area contributed by atoms with Crippen LogP contribution in [0.3, 0.4) is 0 Å².